The van der Waals surface area contributed by atoms with Crippen molar-refractivity contribution < 1.29 is 35.8 Å². The number of hydrogen-bond donors (Lipinski definition) is 1. The molecule has 2 aromatic heterocycles. The Bertz CT molecular complexity index is 1170. The van der Waals surface area contributed by atoms with E-state index in [0.29, 0.717) is 4.57 Å². The van der Waals surface area contributed by atoms with Crippen molar-refractivity contribution >= 4 is 40.6 Å². The van der Waals surface area contributed by atoms with Crippen LogP contribution in [0.3, 0.4) is 0 Å². The van der Waals surface area contributed by atoms with Crippen molar-refractivity contribution in [1.82, 2.24) is 14.5 Å². The molecule has 0 aliphatic carbocycles. The van der Waals surface area contributed by atoms with Gasteiger partial charge < -0.3 is 14.5 Å². The van der Waals surface area contributed by atoms with Crippen molar-refractivity contribution in [3.8, 4) is 17.4 Å². The molecule has 0 amide bonds. The molecule has 0 fully saturated rings. The summed E-state index contributed by atoms with van der Waals surface area (Å²) in [5.74, 6) is -0.181. The van der Waals surface area contributed by atoms with Gasteiger partial charge in [-0.3, -0.25) is 9.59 Å². The van der Waals surface area contributed by atoms with Gasteiger partial charge in [-0.25, -0.2) is 4.57 Å². The molecule has 0 atom stereocenters. The maximum absolute atomic E-state index is 12.8. The Morgan fingerprint density at radius 3 is 2.03 bits per heavy atom. The topological polar surface area (TPSA) is 86.2 Å². The van der Waals surface area contributed by atoms with Crippen LogP contribution in [0, 0.1) is 0 Å². The van der Waals surface area contributed by atoms with E-state index in [2.05, 4.69) is 19.4 Å². The van der Waals surface area contributed by atoms with E-state index in [4.69, 9.17) is 0 Å². The van der Waals surface area contributed by atoms with Gasteiger partial charge in [-0.1, -0.05) is 0 Å². The standard InChI is InChI=1S/C17H11F6N3O4.Na/c18-16(19,20)7-29-10-3-1-9(2-4-10)26-14(28)11-5-6-12(27)24-13(11)25-15(26)30-8-17(21,22)23;/h1-6H,7-8H2,(H,24,27);. The monoisotopic (exact) mass is 458 g/mol. The zero-order valence-electron chi connectivity index (χ0n) is 15.7. The molecule has 161 valence electrons. The van der Waals surface area contributed by atoms with E-state index >= 15 is 0 Å². The van der Waals surface area contributed by atoms with Crippen molar-refractivity contribution in [2.24, 2.45) is 0 Å². The number of pyridine rings is 1. The van der Waals surface area contributed by atoms with E-state index in [1.807, 2.05) is 0 Å². The second-order valence-corrected chi connectivity index (χ2v) is 5.92. The molecule has 0 bridgehead atoms. The number of alkyl halides is 6. The Morgan fingerprint density at radius 2 is 1.45 bits per heavy atom. The van der Waals surface area contributed by atoms with Crippen LogP contribution in [-0.2, 0) is 0 Å². The molecule has 0 saturated carbocycles. The fourth-order valence-corrected chi connectivity index (χ4v) is 2.40. The number of fused-ring (bicyclic) bond motifs is 1. The molecule has 0 spiro atoms. The van der Waals surface area contributed by atoms with Crippen LogP contribution >= 0.6 is 0 Å². The molecule has 1 N–H and O–H groups in total. The van der Waals surface area contributed by atoms with Crippen molar-refractivity contribution in [2.45, 2.75) is 12.4 Å². The minimum atomic E-state index is -4.74. The number of hydrogen-bond acceptors (Lipinski definition) is 5. The third-order valence-electron chi connectivity index (χ3n) is 3.59. The Balaban J connectivity index is 0.00000341. The third-order valence-corrected chi connectivity index (χ3v) is 3.59. The predicted molar refractivity (Wildman–Crippen MR) is 96.8 cm³/mol. The first-order chi connectivity index (χ1) is 13.9. The molecule has 1 radical (unpaired) electrons. The van der Waals surface area contributed by atoms with Crippen molar-refractivity contribution in [2.75, 3.05) is 13.2 Å². The minimum absolute atomic E-state index is 0. The predicted octanol–water partition coefficient (Wildman–Crippen LogP) is 2.58. The quantitative estimate of drug-likeness (QED) is 0.469. The second kappa shape index (κ2) is 9.32. The van der Waals surface area contributed by atoms with Crippen molar-refractivity contribution in [1.29, 1.82) is 0 Å². The number of aromatic nitrogens is 3. The zero-order valence-corrected chi connectivity index (χ0v) is 17.7. The average Bonchev–Trinajstić information content (AvgIpc) is 2.64. The first kappa shape index (κ1) is 24.8. The second-order valence-electron chi connectivity index (χ2n) is 5.92. The molecular formula is C17H11F6N3NaO4. The molecule has 0 aliphatic heterocycles. The van der Waals surface area contributed by atoms with E-state index in [-0.39, 0.29) is 52.0 Å². The van der Waals surface area contributed by atoms with Gasteiger partial charge in [0.15, 0.2) is 18.9 Å². The average molecular weight is 458 g/mol. The number of nitrogens with one attached hydrogen (secondary N) is 1. The van der Waals surface area contributed by atoms with Gasteiger partial charge in [0.2, 0.25) is 5.56 Å². The van der Waals surface area contributed by atoms with Gasteiger partial charge in [0, 0.05) is 35.6 Å². The fourth-order valence-electron chi connectivity index (χ4n) is 2.40. The van der Waals surface area contributed by atoms with Crippen LogP contribution in [-0.4, -0.2) is 69.7 Å². The number of halogens is 6. The number of benzene rings is 1. The van der Waals surface area contributed by atoms with E-state index in [9.17, 15) is 35.9 Å². The van der Waals surface area contributed by atoms with Gasteiger partial charge in [-0.05, 0) is 30.3 Å². The van der Waals surface area contributed by atoms with Gasteiger partial charge in [-0.15, -0.1) is 0 Å². The first-order valence-electron chi connectivity index (χ1n) is 8.08. The van der Waals surface area contributed by atoms with E-state index in [1.165, 1.54) is 0 Å². The zero-order chi connectivity index (χ0) is 22.1. The smallest absolute Gasteiger partial charge is 0.422 e. The summed E-state index contributed by atoms with van der Waals surface area (Å²) in [5, 5.41) is -0.119. The summed E-state index contributed by atoms with van der Waals surface area (Å²) in [5.41, 5.74) is -1.83. The van der Waals surface area contributed by atoms with Crippen molar-refractivity contribution in [3.05, 3.63) is 57.1 Å². The summed E-state index contributed by atoms with van der Waals surface area (Å²) in [6, 6.07) is 5.88. The number of nitrogens with zero attached hydrogens (tertiary/aromatic N) is 2. The van der Waals surface area contributed by atoms with Gasteiger partial charge in [0.1, 0.15) is 5.75 Å². The van der Waals surface area contributed by atoms with Crippen LogP contribution in [0.25, 0.3) is 16.7 Å². The normalized spacial score (nSPS) is 11.8. The molecule has 14 heteroatoms. The van der Waals surface area contributed by atoms with E-state index in [1.54, 1.807) is 0 Å². The van der Waals surface area contributed by atoms with Gasteiger partial charge in [0.05, 0.1) is 11.1 Å². The Hall–Kier alpha value is -2.51. The summed E-state index contributed by atoms with van der Waals surface area (Å²) in [7, 11) is 0. The molecule has 7 nitrogen and oxygen atoms in total. The number of rotatable bonds is 5. The molecule has 2 heterocycles. The molecular weight excluding hydrogens is 447 g/mol. The summed E-state index contributed by atoms with van der Waals surface area (Å²) in [6.07, 6.45) is -9.30. The molecule has 3 rings (SSSR count). The number of ether oxygens (including phenoxy) is 2. The van der Waals surface area contributed by atoms with Crippen LogP contribution in [0.4, 0.5) is 26.3 Å². The molecule has 3 aromatic rings. The van der Waals surface area contributed by atoms with Gasteiger partial charge in [-0.2, -0.15) is 31.3 Å². The number of H-pyrrole nitrogens is 1. The minimum Gasteiger partial charge on any atom is -0.484 e. The summed E-state index contributed by atoms with van der Waals surface area (Å²) < 4.78 is 84.3. The third kappa shape index (κ3) is 6.48. The Kier molecular flexibility index (Phi) is 7.44. The van der Waals surface area contributed by atoms with Crippen LogP contribution < -0.4 is 20.6 Å². The van der Waals surface area contributed by atoms with Crippen LogP contribution in [0.1, 0.15) is 0 Å². The Labute approximate surface area is 190 Å². The SMILES string of the molecule is O=c1ccc2c(=O)n(-c3ccc(OCC(F)(F)F)cc3)c(OCC(F)(F)F)nc2[nH]1.[Na]. The first-order valence-corrected chi connectivity index (χ1v) is 8.08. The molecule has 0 aliphatic rings. The maximum Gasteiger partial charge on any atom is 0.422 e. The summed E-state index contributed by atoms with van der Waals surface area (Å²) in [6.45, 7) is -3.31. The van der Waals surface area contributed by atoms with Crippen LogP contribution in [0.2, 0.25) is 0 Å². The van der Waals surface area contributed by atoms with Gasteiger partial charge >= 0.3 is 18.4 Å². The fraction of sp³-hybridized carbons (Fsp3) is 0.235. The molecule has 0 saturated heterocycles. The van der Waals surface area contributed by atoms with E-state index in [0.717, 1.165) is 36.4 Å². The number of aromatic amines is 1. The largest absolute Gasteiger partial charge is 0.484 e. The van der Waals surface area contributed by atoms with E-state index < -0.39 is 42.7 Å². The van der Waals surface area contributed by atoms with Crippen LogP contribution in [0.5, 0.6) is 11.8 Å². The molecule has 0 unspecified atom stereocenters. The summed E-state index contributed by atoms with van der Waals surface area (Å²) in [4.78, 5) is 30.2. The Morgan fingerprint density at radius 1 is 0.871 bits per heavy atom. The maximum atomic E-state index is 12.8. The van der Waals surface area contributed by atoms with Crippen LogP contribution in [0.15, 0.2) is 46.0 Å². The molecule has 31 heavy (non-hydrogen) atoms. The van der Waals surface area contributed by atoms with Crippen molar-refractivity contribution in [3.63, 3.8) is 0 Å². The summed E-state index contributed by atoms with van der Waals surface area (Å²) >= 11 is 0. The molecule has 1 aromatic carbocycles. The van der Waals surface area contributed by atoms with Gasteiger partial charge in [0.25, 0.3) is 5.56 Å².